The average molecular weight is 1130 g/mol. The van der Waals surface area contributed by atoms with Crippen molar-refractivity contribution in [3.05, 3.63) is 168 Å². The zero-order chi connectivity index (χ0) is 59.2. The molecular formula is C66H89F3KLiN2O7. The number of hydrogen-bond acceptors (Lipinski definition) is 7. The fourth-order valence-electron chi connectivity index (χ4n) is 9.09. The van der Waals surface area contributed by atoms with Gasteiger partial charge in [0.2, 0.25) is 0 Å². The van der Waals surface area contributed by atoms with Crippen molar-refractivity contribution >= 4 is 33.4 Å². The van der Waals surface area contributed by atoms with Gasteiger partial charge >= 0.3 is 70.2 Å². The van der Waals surface area contributed by atoms with Crippen LogP contribution in [-0.4, -0.2) is 59.2 Å². The molecule has 0 saturated heterocycles. The van der Waals surface area contributed by atoms with Crippen LogP contribution in [0.5, 0.6) is 17.2 Å². The van der Waals surface area contributed by atoms with E-state index in [4.69, 9.17) is 14.2 Å². The molecule has 0 aliphatic heterocycles. The molecule has 80 heavy (non-hydrogen) atoms. The van der Waals surface area contributed by atoms with E-state index in [0.717, 1.165) is 39.7 Å². The first-order chi connectivity index (χ1) is 36.3. The molecule has 0 radical (unpaired) electrons. The van der Waals surface area contributed by atoms with Crippen molar-refractivity contribution in [2.45, 2.75) is 169 Å². The molecule has 1 atom stereocenters. The summed E-state index contributed by atoms with van der Waals surface area (Å²) >= 11 is 0. The first-order valence-electron chi connectivity index (χ1n) is 26.6. The van der Waals surface area contributed by atoms with Gasteiger partial charge in [0, 0.05) is 69.2 Å². The van der Waals surface area contributed by atoms with Crippen LogP contribution >= 0.6 is 0 Å². The average Bonchev–Trinajstić information content (AvgIpc) is 3.94. The fraction of sp³-hybridized carbons (Fsp3) is 0.439. The molecule has 1 unspecified atom stereocenters. The predicted molar refractivity (Wildman–Crippen MR) is 313 cm³/mol. The second-order valence-corrected chi connectivity index (χ2v) is 22.8. The first-order valence-corrected chi connectivity index (χ1v) is 26.6. The van der Waals surface area contributed by atoms with Gasteiger partial charge in [-0.05, 0) is 129 Å². The molecule has 0 bridgehead atoms. The third kappa shape index (κ3) is 26.4. The van der Waals surface area contributed by atoms with Gasteiger partial charge in [0.25, 0.3) is 0 Å². The minimum absolute atomic E-state index is 0. The number of aromatic nitrogens is 2. The minimum atomic E-state index is -0.915. The van der Waals surface area contributed by atoms with Gasteiger partial charge in [0.15, 0.2) is 0 Å². The molecule has 2 heterocycles. The Morgan fingerprint density at radius 2 is 0.925 bits per heavy atom. The van der Waals surface area contributed by atoms with Crippen LogP contribution in [0.3, 0.4) is 0 Å². The number of aryl methyl sites for hydroxylation is 1. The number of aliphatic hydroxyl groups is 1. The van der Waals surface area contributed by atoms with Gasteiger partial charge in [-0.15, -0.1) is 5.60 Å². The Morgan fingerprint density at radius 1 is 0.588 bits per heavy atom. The van der Waals surface area contributed by atoms with E-state index in [1.54, 1.807) is 60.3 Å². The summed E-state index contributed by atoms with van der Waals surface area (Å²) in [5.41, 5.74) is 3.79. The van der Waals surface area contributed by atoms with Crippen LogP contribution in [0.25, 0.3) is 21.8 Å². The van der Waals surface area contributed by atoms with Gasteiger partial charge in [-0.1, -0.05) is 119 Å². The van der Waals surface area contributed by atoms with Crippen LogP contribution in [0.15, 0.2) is 115 Å². The number of unbranched alkanes of at least 4 members (excludes halogenated alkanes) is 1. The minimum Gasteiger partial charge on any atom is -0.850 e. The number of nitrogens with one attached hydrogen (secondary N) is 2. The summed E-state index contributed by atoms with van der Waals surface area (Å²) in [7, 11) is 4.67. The molecule has 5 aromatic carbocycles. The van der Waals surface area contributed by atoms with Crippen molar-refractivity contribution in [1.29, 1.82) is 0 Å². The first kappa shape index (κ1) is 75.9. The summed E-state index contributed by atoms with van der Waals surface area (Å²) in [4.78, 5) is 29.0. The zero-order valence-corrected chi connectivity index (χ0v) is 54.8. The standard InChI is InChI=1S/C23H28FNO2.2C13H17FO2.C9H9N.C4H9O.C4H9.K.Li/c1-5-23(26,14-18-12-16-8-6-7-9-20(16)25-18)15-22(2,3)19-13-17(24)10-11-21(19)27-4;2*1-9(15)8-13(2,3)11-7-10(14)5-6-12(11)16-4;1-7-6-8-4-2-3-5-9(8)10-7;1-4(2,3)5;1-3-4-2;;/h6-13,25-26H,5,14-15H2,1-4H3;2*5-7H,8H2,1-4H3;2-6,10H,1H3;1-3H3;1,3-4H2,2H3;;/q;;;;2*-1;2*+1. The molecule has 7 rings (SSSR count). The molecule has 2 aromatic heterocycles. The summed E-state index contributed by atoms with van der Waals surface area (Å²) in [6.07, 6.45) is 4.62. The molecule has 9 nitrogen and oxygen atoms in total. The molecule has 0 aliphatic rings. The van der Waals surface area contributed by atoms with E-state index in [1.807, 2.05) is 72.7 Å². The topological polar surface area (TPSA) is 137 Å². The van der Waals surface area contributed by atoms with Crippen molar-refractivity contribution in [3.63, 3.8) is 0 Å². The number of para-hydroxylation sites is 2. The number of Topliss-reactive ketones (excluding diaryl/α,β-unsaturated/α-hetero) is 2. The molecule has 0 aliphatic carbocycles. The van der Waals surface area contributed by atoms with Crippen molar-refractivity contribution in [1.82, 2.24) is 9.97 Å². The van der Waals surface area contributed by atoms with E-state index < -0.39 is 27.4 Å². The van der Waals surface area contributed by atoms with E-state index in [1.165, 1.54) is 73.3 Å². The summed E-state index contributed by atoms with van der Waals surface area (Å²) < 4.78 is 56.1. The second kappa shape index (κ2) is 35.1. The smallest absolute Gasteiger partial charge is 0.850 e. The molecule has 0 amide bonds. The molecule has 428 valence electrons. The summed E-state index contributed by atoms with van der Waals surface area (Å²) in [6.45, 7) is 29.4. The second-order valence-electron chi connectivity index (χ2n) is 22.8. The van der Waals surface area contributed by atoms with E-state index in [2.05, 4.69) is 67.1 Å². The van der Waals surface area contributed by atoms with Crippen molar-refractivity contribution in [2.75, 3.05) is 21.3 Å². The molecule has 0 spiro atoms. The van der Waals surface area contributed by atoms with Gasteiger partial charge in [0.1, 0.15) is 46.3 Å². The van der Waals surface area contributed by atoms with Crippen LogP contribution in [-0.2, 0) is 32.3 Å². The maximum Gasteiger partial charge on any atom is 1.00 e. The number of fused-ring (bicyclic) bond motifs is 2. The van der Waals surface area contributed by atoms with E-state index in [0.29, 0.717) is 49.4 Å². The molecule has 3 N–H and O–H groups in total. The Bertz CT molecular complexity index is 2810. The molecule has 0 fully saturated rings. The van der Waals surface area contributed by atoms with E-state index in [9.17, 15) is 33.0 Å². The van der Waals surface area contributed by atoms with Gasteiger partial charge in [-0.2, -0.15) is 6.42 Å². The number of hydrogen-bond donors (Lipinski definition) is 3. The number of rotatable bonds is 16. The van der Waals surface area contributed by atoms with Crippen LogP contribution in [0, 0.1) is 31.3 Å². The Balaban J connectivity index is 0.00000102. The normalized spacial score (nSPS) is 11.8. The number of carbonyl (C=O) groups is 2. The van der Waals surface area contributed by atoms with Crippen LogP contribution in [0.1, 0.15) is 157 Å². The van der Waals surface area contributed by atoms with Gasteiger partial charge in [-0.25, -0.2) is 13.2 Å². The Hall–Kier alpha value is -4.14. The summed E-state index contributed by atoms with van der Waals surface area (Å²) in [5.74, 6) is 1.12. The van der Waals surface area contributed by atoms with Gasteiger partial charge < -0.3 is 41.3 Å². The van der Waals surface area contributed by atoms with Crippen LogP contribution in [0.4, 0.5) is 13.2 Å². The number of halogens is 3. The Kier molecular flexibility index (Phi) is 33.3. The number of aromatic amines is 2. The monoisotopic (exact) mass is 1120 g/mol. The Labute approximate surface area is 531 Å². The number of carbonyl (C=O) groups excluding carboxylic acids is 2. The molecule has 0 saturated carbocycles. The van der Waals surface area contributed by atoms with E-state index in [-0.39, 0.29) is 99.3 Å². The fourth-order valence-corrected chi connectivity index (χ4v) is 9.09. The summed E-state index contributed by atoms with van der Waals surface area (Å²) in [5, 5.41) is 23.9. The number of methoxy groups -OCH3 is 3. The number of ether oxygens (including phenoxy) is 3. The van der Waals surface area contributed by atoms with Gasteiger partial charge in [0.05, 0.1) is 26.9 Å². The summed E-state index contributed by atoms with van der Waals surface area (Å²) in [6, 6.07) is 33.9. The van der Waals surface area contributed by atoms with Gasteiger partial charge in [-0.3, -0.25) is 9.59 Å². The number of H-pyrrole nitrogens is 2. The Morgan fingerprint density at radius 3 is 1.24 bits per heavy atom. The zero-order valence-electron chi connectivity index (χ0n) is 51.7. The molecule has 7 aromatic rings. The maximum absolute atomic E-state index is 13.9. The molecule has 14 heteroatoms. The van der Waals surface area contributed by atoms with E-state index >= 15 is 0 Å². The van der Waals surface area contributed by atoms with Crippen molar-refractivity contribution in [2.24, 2.45) is 0 Å². The number of ketones is 2. The number of benzene rings is 5. The third-order valence-corrected chi connectivity index (χ3v) is 12.6. The van der Waals surface area contributed by atoms with Crippen molar-refractivity contribution in [3.8, 4) is 17.2 Å². The largest absolute Gasteiger partial charge is 1.00 e. The maximum atomic E-state index is 13.9. The third-order valence-electron chi connectivity index (χ3n) is 12.6. The van der Waals surface area contributed by atoms with Crippen molar-refractivity contribution < 1.29 is 117 Å². The predicted octanol–water partition coefficient (Wildman–Crippen LogP) is 9.80. The van der Waals surface area contributed by atoms with Crippen LogP contribution < -0.4 is 89.6 Å². The van der Waals surface area contributed by atoms with Crippen LogP contribution in [0.2, 0.25) is 0 Å². The quantitative estimate of drug-likeness (QED) is 0.0648. The SMILES string of the molecule is CC(C)(C)[O-].CCC(O)(Cc1cc2ccccc2[nH]1)CC(C)(C)c1cc(F)ccc1OC.COc1ccc(F)cc1C(C)(C)CC(C)=O.COc1ccc(F)cc1C(C)(C)CC(C)=O.Cc1cc2ccccc2[nH]1.[CH2-]CCC.[K+].[Li+]. The molecular weight excluding hydrogens is 1040 g/mol.